The largest absolute Gasteiger partial charge is 0.388 e. The third-order valence-electron chi connectivity index (χ3n) is 3.27. The van der Waals surface area contributed by atoms with E-state index in [9.17, 15) is 5.11 Å². The molecule has 0 aliphatic rings. The normalized spacial score (nSPS) is 12.7. The topological polar surface area (TPSA) is 33.1 Å². The Hall–Kier alpha value is -2.45. The van der Waals surface area contributed by atoms with E-state index in [2.05, 4.69) is 18.1 Å². The average Bonchev–Trinajstić information content (AvgIpc) is 2.54. The molecule has 0 radical (unpaired) electrons. The number of aliphatic hydroxyl groups is 1. The number of allylic oxidation sites excluding steroid dienone is 2. The Morgan fingerprint density at radius 3 is 2.43 bits per heavy atom. The summed E-state index contributed by atoms with van der Waals surface area (Å²) in [7, 11) is 0. The van der Waals surface area contributed by atoms with Crippen LogP contribution in [-0.2, 0) is 6.42 Å². The summed E-state index contributed by atoms with van der Waals surface area (Å²) in [5.74, 6) is 0. The molecule has 0 aliphatic carbocycles. The highest BCUT2D eigenvalue weighted by atomic mass is 16.3. The lowest BCUT2D eigenvalue weighted by atomic mass is 10.0. The molecule has 0 aliphatic heterocycles. The zero-order valence-electron chi connectivity index (χ0n) is 11.9. The maximum absolute atomic E-state index is 10.2. The van der Waals surface area contributed by atoms with Gasteiger partial charge in [0, 0.05) is 23.9 Å². The van der Waals surface area contributed by atoms with Crippen molar-refractivity contribution in [3.8, 4) is 11.1 Å². The lowest BCUT2D eigenvalue weighted by molar-refractivity contribution is 0.214. The number of pyridine rings is 1. The van der Waals surface area contributed by atoms with E-state index < -0.39 is 6.10 Å². The van der Waals surface area contributed by atoms with Gasteiger partial charge in [0.1, 0.15) is 0 Å². The summed E-state index contributed by atoms with van der Waals surface area (Å²) >= 11 is 0. The van der Waals surface area contributed by atoms with Crippen LogP contribution in [0.2, 0.25) is 0 Å². The van der Waals surface area contributed by atoms with Crippen molar-refractivity contribution in [3.63, 3.8) is 0 Å². The van der Waals surface area contributed by atoms with Gasteiger partial charge in [0.05, 0.1) is 6.10 Å². The second-order valence-corrected chi connectivity index (χ2v) is 4.73. The molecule has 2 nitrogen and oxygen atoms in total. The van der Waals surface area contributed by atoms with Crippen molar-refractivity contribution >= 4 is 0 Å². The van der Waals surface area contributed by atoms with Crippen LogP contribution >= 0.6 is 0 Å². The van der Waals surface area contributed by atoms with Gasteiger partial charge in [0.2, 0.25) is 0 Å². The summed E-state index contributed by atoms with van der Waals surface area (Å²) in [6.07, 6.45) is 6.73. The molecule has 1 heterocycles. The number of benzene rings is 1. The van der Waals surface area contributed by atoms with Gasteiger partial charge in [-0.2, -0.15) is 0 Å². The Labute approximate surface area is 125 Å². The molecule has 0 fully saturated rings. The van der Waals surface area contributed by atoms with Crippen LogP contribution in [-0.4, -0.2) is 16.2 Å². The highest BCUT2D eigenvalue weighted by molar-refractivity contribution is 5.62. The Morgan fingerprint density at radius 2 is 1.86 bits per heavy atom. The van der Waals surface area contributed by atoms with E-state index in [1.54, 1.807) is 18.2 Å². The fourth-order valence-corrected chi connectivity index (χ4v) is 2.11. The van der Waals surface area contributed by atoms with Crippen LogP contribution in [0, 0.1) is 0 Å². The molecule has 2 aromatic rings. The zero-order valence-corrected chi connectivity index (χ0v) is 11.9. The van der Waals surface area contributed by atoms with Crippen molar-refractivity contribution in [2.75, 3.05) is 0 Å². The Bertz CT molecular complexity index is 626. The van der Waals surface area contributed by atoms with Crippen LogP contribution in [0.15, 0.2) is 85.6 Å². The van der Waals surface area contributed by atoms with Crippen LogP contribution in [0.1, 0.15) is 5.69 Å². The molecular formula is C19H19NO. The number of aromatic nitrogens is 1. The summed E-state index contributed by atoms with van der Waals surface area (Å²) in [5.41, 5.74) is 3.80. The quantitative estimate of drug-likeness (QED) is 0.811. The molecule has 1 unspecified atom stereocenters. The standard InChI is InChI=1S/C19H19NO/c1-3-8-15(4-2)19(21)13-18-12-11-17(14-20-18)16-9-6-5-7-10-16/h3-12,14,19,21H,1-2,13H2/b15-8+. The Morgan fingerprint density at radius 1 is 1.10 bits per heavy atom. The number of rotatable bonds is 6. The zero-order chi connectivity index (χ0) is 15.1. The minimum Gasteiger partial charge on any atom is -0.388 e. The van der Waals surface area contributed by atoms with Crippen molar-refractivity contribution in [1.82, 2.24) is 4.98 Å². The average molecular weight is 277 g/mol. The summed E-state index contributed by atoms with van der Waals surface area (Å²) in [6, 6.07) is 14.1. The van der Waals surface area contributed by atoms with Crippen molar-refractivity contribution in [2.45, 2.75) is 12.5 Å². The van der Waals surface area contributed by atoms with Crippen LogP contribution in [0.3, 0.4) is 0 Å². The lowest BCUT2D eigenvalue weighted by Crippen LogP contribution is -2.13. The van der Waals surface area contributed by atoms with Crippen LogP contribution in [0.5, 0.6) is 0 Å². The molecule has 0 saturated carbocycles. The summed E-state index contributed by atoms with van der Waals surface area (Å²) in [4.78, 5) is 4.42. The summed E-state index contributed by atoms with van der Waals surface area (Å²) < 4.78 is 0. The predicted molar refractivity (Wildman–Crippen MR) is 87.9 cm³/mol. The minimum absolute atomic E-state index is 0.459. The molecule has 2 rings (SSSR count). The van der Waals surface area contributed by atoms with Gasteiger partial charge < -0.3 is 5.11 Å². The van der Waals surface area contributed by atoms with E-state index in [1.807, 2.05) is 48.7 Å². The molecular weight excluding hydrogens is 258 g/mol. The first kappa shape index (κ1) is 14.9. The van der Waals surface area contributed by atoms with Crippen molar-refractivity contribution in [3.05, 3.63) is 91.3 Å². The minimum atomic E-state index is -0.615. The smallest absolute Gasteiger partial charge is 0.0845 e. The van der Waals surface area contributed by atoms with E-state index in [0.29, 0.717) is 6.42 Å². The predicted octanol–water partition coefficient (Wildman–Crippen LogP) is 3.95. The number of hydrogen-bond donors (Lipinski definition) is 1. The fourth-order valence-electron chi connectivity index (χ4n) is 2.11. The SMILES string of the molecule is C=C/C=C(\C=C)C(O)Cc1ccc(-c2ccccc2)cn1. The number of hydrogen-bond acceptors (Lipinski definition) is 2. The lowest BCUT2D eigenvalue weighted by Gasteiger charge is -2.11. The first-order valence-corrected chi connectivity index (χ1v) is 6.88. The van der Waals surface area contributed by atoms with E-state index in [0.717, 1.165) is 22.4 Å². The van der Waals surface area contributed by atoms with E-state index >= 15 is 0 Å². The second-order valence-electron chi connectivity index (χ2n) is 4.73. The molecule has 2 heteroatoms. The Kier molecular flexibility index (Phi) is 5.24. The summed E-state index contributed by atoms with van der Waals surface area (Å²) in [5, 5.41) is 10.2. The van der Waals surface area contributed by atoms with Crippen LogP contribution in [0.4, 0.5) is 0 Å². The van der Waals surface area contributed by atoms with Gasteiger partial charge in [-0.25, -0.2) is 0 Å². The molecule has 0 spiro atoms. The van der Waals surface area contributed by atoms with Gasteiger partial charge >= 0.3 is 0 Å². The molecule has 21 heavy (non-hydrogen) atoms. The fraction of sp³-hybridized carbons (Fsp3) is 0.105. The van der Waals surface area contributed by atoms with Crippen molar-refractivity contribution < 1.29 is 5.11 Å². The van der Waals surface area contributed by atoms with Crippen LogP contribution in [0.25, 0.3) is 11.1 Å². The molecule has 1 atom stereocenters. The van der Waals surface area contributed by atoms with Gasteiger partial charge in [-0.15, -0.1) is 0 Å². The third kappa shape index (κ3) is 4.01. The van der Waals surface area contributed by atoms with E-state index in [4.69, 9.17) is 0 Å². The molecule has 1 aromatic heterocycles. The van der Waals surface area contributed by atoms with Gasteiger partial charge in [-0.1, -0.05) is 67.8 Å². The van der Waals surface area contributed by atoms with Crippen molar-refractivity contribution in [2.24, 2.45) is 0 Å². The molecule has 0 amide bonds. The maximum Gasteiger partial charge on any atom is 0.0845 e. The number of nitrogens with zero attached hydrogens (tertiary/aromatic N) is 1. The third-order valence-corrected chi connectivity index (χ3v) is 3.27. The maximum atomic E-state index is 10.2. The highest BCUT2D eigenvalue weighted by Gasteiger charge is 2.09. The second kappa shape index (κ2) is 7.36. The first-order chi connectivity index (χ1) is 10.2. The number of aliphatic hydroxyl groups excluding tert-OH is 1. The van der Waals surface area contributed by atoms with Crippen LogP contribution < -0.4 is 0 Å². The molecule has 1 N–H and O–H groups in total. The molecule has 1 aromatic carbocycles. The first-order valence-electron chi connectivity index (χ1n) is 6.88. The monoisotopic (exact) mass is 277 g/mol. The van der Waals surface area contributed by atoms with Gasteiger partial charge in [-0.3, -0.25) is 4.98 Å². The van der Waals surface area contributed by atoms with Crippen molar-refractivity contribution in [1.29, 1.82) is 0 Å². The van der Waals surface area contributed by atoms with E-state index in [-0.39, 0.29) is 0 Å². The van der Waals surface area contributed by atoms with Gasteiger partial charge in [0.25, 0.3) is 0 Å². The van der Waals surface area contributed by atoms with Gasteiger partial charge in [0.15, 0.2) is 0 Å². The van der Waals surface area contributed by atoms with Gasteiger partial charge in [-0.05, 0) is 17.2 Å². The molecule has 0 saturated heterocycles. The Balaban J connectivity index is 2.11. The highest BCUT2D eigenvalue weighted by Crippen LogP contribution is 2.18. The molecule has 0 bridgehead atoms. The molecule has 106 valence electrons. The summed E-state index contributed by atoms with van der Waals surface area (Å²) in [6.45, 7) is 7.33. The van der Waals surface area contributed by atoms with E-state index in [1.165, 1.54) is 0 Å².